The number of nitrogens with zero attached hydrogens (tertiary/aromatic N) is 3. The van der Waals surface area contributed by atoms with Gasteiger partial charge in [-0.15, -0.1) is 0 Å². The van der Waals surface area contributed by atoms with Crippen LogP contribution in [0.25, 0.3) is 22.4 Å². The molecule has 43 heavy (non-hydrogen) atoms. The summed E-state index contributed by atoms with van der Waals surface area (Å²) in [5.41, 5.74) is 7.50. The second-order valence-corrected chi connectivity index (χ2v) is 10.8. The van der Waals surface area contributed by atoms with Crippen LogP contribution in [0, 0.1) is 0 Å². The number of ether oxygens (including phenoxy) is 1. The molecule has 1 aliphatic heterocycles. The standard InChI is InChI=1S/C35H38N6O2/c1-2-26-11-13-28(14-12-26)34-38-31-9-6-10-32(33(31)39-34)41-21-19-40(20-22-41)23-24-43-30-17-15-29(16-18-30)37-35(42)36-25-27-7-4-3-5-8-27/h3-18H,2,19-25H2,1H3,(H,38,39)(H2,36,37,42). The molecule has 5 aromatic rings. The summed E-state index contributed by atoms with van der Waals surface area (Å²) in [5, 5.41) is 5.74. The number of urea groups is 1. The Morgan fingerprint density at radius 2 is 1.63 bits per heavy atom. The highest BCUT2D eigenvalue weighted by Gasteiger charge is 2.20. The fourth-order valence-corrected chi connectivity index (χ4v) is 5.40. The van der Waals surface area contributed by atoms with Gasteiger partial charge < -0.3 is 25.3 Å². The van der Waals surface area contributed by atoms with Gasteiger partial charge in [0, 0.05) is 50.5 Å². The van der Waals surface area contributed by atoms with Gasteiger partial charge in [0.2, 0.25) is 0 Å². The third-order valence-electron chi connectivity index (χ3n) is 7.92. The molecule has 0 radical (unpaired) electrons. The molecule has 2 amide bonds. The van der Waals surface area contributed by atoms with Crippen molar-refractivity contribution >= 4 is 28.4 Å². The summed E-state index contributed by atoms with van der Waals surface area (Å²) in [5.74, 6) is 1.70. The zero-order valence-electron chi connectivity index (χ0n) is 24.6. The maximum absolute atomic E-state index is 12.2. The van der Waals surface area contributed by atoms with Crippen LogP contribution in [0.2, 0.25) is 0 Å². The largest absolute Gasteiger partial charge is 0.492 e. The lowest BCUT2D eigenvalue weighted by molar-refractivity contribution is 0.200. The fraction of sp³-hybridized carbons (Fsp3) is 0.257. The van der Waals surface area contributed by atoms with Gasteiger partial charge in [0.15, 0.2) is 0 Å². The Labute approximate surface area is 252 Å². The topological polar surface area (TPSA) is 85.5 Å². The molecule has 8 nitrogen and oxygen atoms in total. The minimum Gasteiger partial charge on any atom is -0.492 e. The molecule has 1 saturated heterocycles. The number of H-pyrrole nitrogens is 1. The zero-order chi connectivity index (χ0) is 29.4. The molecule has 3 N–H and O–H groups in total. The number of carbonyl (C=O) groups excluding carboxylic acids is 1. The monoisotopic (exact) mass is 574 g/mol. The van der Waals surface area contributed by atoms with Gasteiger partial charge >= 0.3 is 6.03 Å². The van der Waals surface area contributed by atoms with E-state index < -0.39 is 0 Å². The first kappa shape index (κ1) is 28.3. The number of hydrogen-bond donors (Lipinski definition) is 3. The molecule has 2 heterocycles. The molecule has 1 fully saturated rings. The number of imidazole rings is 1. The zero-order valence-corrected chi connectivity index (χ0v) is 24.6. The van der Waals surface area contributed by atoms with Gasteiger partial charge in [0.25, 0.3) is 0 Å². The van der Waals surface area contributed by atoms with E-state index in [9.17, 15) is 4.79 Å². The molecule has 0 atom stereocenters. The molecule has 0 spiro atoms. The van der Waals surface area contributed by atoms with Crippen molar-refractivity contribution in [3.05, 3.63) is 108 Å². The number of aromatic amines is 1. The first-order chi connectivity index (χ1) is 21.1. The first-order valence-corrected chi connectivity index (χ1v) is 15.0. The Morgan fingerprint density at radius 3 is 2.37 bits per heavy atom. The van der Waals surface area contributed by atoms with E-state index in [-0.39, 0.29) is 6.03 Å². The minimum absolute atomic E-state index is 0.234. The number of nitrogens with one attached hydrogen (secondary N) is 3. The lowest BCUT2D eigenvalue weighted by atomic mass is 10.1. The Morgan fingerprint density at radius 1 is 0.860 bits per heavy atom. The molecule has 220 valence electrons. The van der Waals surface area contributed by atoms with Gasteiger partial charge in [-0.3, -0.25) is 4.90 Å². The highest BCUT2D eigenvalue weighted by Crippen LogP contribution is 2.29. The van der Waals surface area contributed by atoms with Crippen LogP contribution in [0.15, 0.2) is 97.1 Å². The van der Waals surface area contributed by atoms with Crippen molar-refractivity contribution in [3.8, 4) is 17.1 Å². The van der Waals surface area contributed by atoms with Crippen molar-refractivity contribution in [3.63, 3.8) is 0 Å². The van der Waals surface area contributed by atoms with E-state index in [0.29, 0.717) is 13.2 Å². The van der Waals surface area contributed by atoms with Gasteiger partial charge in [0.05, 0.1) is 11.2 Å². The average molecular weight is 575 g/mol. The summed E-state index contributed by atoms with van der Waals surface area (Å²) in [6.07, 6.45) is 1.03. The maximum Gasteiger partial charge on any atom is 0.319 e. The van der Waals surface area contributed by atoms with Crippen molar-refractivity contribution in [2.75, 3.05) is 49.5 Å². The smallest absolute Gasteiger partial charge is 0.319 e. The second-order valence-electron chi connectivity index (χ2n) is 10.8. The molecule has 1 aromatic heterocycles. The van der Waals surface area contributed by atoms with E-state index in [1.165, 1.54) is 11.3 Å². The van der Waals surface area contributed by atoms with Crippen LogP contribution in [0.1, 0.15) is 18.1 Å². The summed E-state index contributed by atoms with van der Waals surface area (Å²) in [6, 6.07) is 32.1. The Bertz CT molecular complexity index is 1630. The number of fused-ring (bicyclic) bond motifs is 1. The third kappa shape index (κ3) is 7.16. The number of anilines is 2. The van der Waals surface area contributed by atoms with Gasteiger partial charge in [-0.25, -0.2) is 9.78 Å². The van der Waals surface area contributed by atoms with Crippen LogP contribution in [0.3, 0.4) is 0 Å². The lowest BCUT2D eigenvalue weighted by Crippen LogP contribution is -2.47. The molecule has 4 aromatic carbocycles. The van der Waals surface area contributed by atoms with E-state index >= 15 is 0 Å². The number of aryl methyl sites for hydroxylation is 1. The Balaban J connectivity index is 0.955. The number of rotatable bonds is 10. The summed E-state index contributed by atoms with van der Waals surface area (Å²) in [7, 11) is 0. The molecule has 0 bridgehead atoms. The summed E-state index contributed by atoms with van der Waals surface area (Å²) >= 11 is 0. The first-order valence-electron chi connectivity index (χ1n) is 15.0. The number of benzene rings is 4. The molecular weight excluding hydrogens is 536 g/mol. The second kappa shape index (κ2) is 13.4. The summed E-state index contributed by atoms with van der Waals surface area (Å²) < 4.78 is 6.00. The van der Waals surface area contributed by atoms with Crippen molar-refractivity contribution in [2.24, 2.45) is 0 Å². The molecule has 0 saturated carbocycles. The van der Waals surface area contributed by atoms with Crippen LogP contribution < -0.4 is 20.3 Å². The van der Waals surface area contributed by atoms with Crippen LogP contribution in [0.5, 0.6) is 5.75 Å². The van der Waals surface area contributed by atoms with Crippen molar-refractivity contribution in [2.45, 2.75) is 19.9 Å². The normalized spacial score (nSPS) is 13.7. The van der Waals surface area contributed by atoms with Crippen LogP contribution in [0.4, 0.5) is 16.2 Å². The highest BCUT2D eigenvalue weighted by molar-refractivity contribution is 5.91. The van der Waals surface area contributed by atoms with Crippen LogP contribution in [-0.4, -0.2) is 60.2 Å². The van der Waals surface area contributed by atoms with E-state index in [2.05, 4.69) is 74.8 Å². The van der Waals surface area contributed by atoms with Gasteiger partial charge in [0.1, 0.15) is 23.7 Å². The van der Waals surface area contributed by atoms with Gasteiger partial charge in [-0.2, -0.15) is 0 Å². The number of para-hydroxylation sites is 1. The SMILES string of the molecule is CCc1ccc(-c2nc3c(N4CCN(CCOc5ccc(NC(=O)NCc6ccccc6)cc5)CC4)cccc3[nH]2)cc1. The highest BCUT2D eigenvalue weighted by atomic mass is 16.5. The predicted octanol–water partition coefficient (Wildman–Crippen LogP) is 6.32. The molecular formula is C35H38N6O2. The van der Waals surface area contributed by atoms with E-state index in [0.717, 1.165) is 78.6 Å². The Hall–Kier alpha value is -4.82. The van der Waals surface area contributed by atoms with Crippen molar-refractivity contribution < 1.29 is 9.53 Å². The van der Waals surface area contributed by atoms with Crippen molar-refractivity contribution in [1.29, 1.82) is 0 Å². The third-order valence-corrected chi connectivity index (χ3v) is 7.92. The molecule has 6 rings (SSSR count). The van der Waals surface area contributed by atoms with Crippen molar-refractivity contribution in [1.82, 2.24) is 20.2 Å². The number of aromatic nitrogens is 2. The summed E-state index contributed by atoms with van der Waals surface area (Å²) in [4.78, 5) is 25.6. The van der Waals surface area contributed by atoms with E-state index in [1.54, 1.807) is 0 Å². The number of carbonyl (C=O) groups is 1. The Kier molecular flexibility index (Phi) is 8.85. The van der Waals surface area contributed by atoms with E-state index in [1.807, 2.05) is 54.6 Å². The predicted molar refractivity (Wildman–Crippen MR) is 174 cm³/mol. The molecule has 0 unspecified atom stereocenters. The van der Waals surface area contributed by atoms with Gasteiger partial charge in [-0.1, -0.05) is 67.6 Å². The molecule has 1 aliphatic rings. The quantitative estimate of drug-likeness (QED) is 0.182. The van der Waals surface area contributed by atoms with Crippen LogP contribution >= 0.6 is 0 Å². The lowest BCUT2D eigenvalue weighted by Gasteiger charge is -2.36. The molecule has 8 heteroatoms. The van der Waals surface area contributed by atoms with Crippen LogP contribution in [-0.2, 0) is 13.0 Å². The average Bonchev–Trinajstić information content (AvgIpc) is 3.50. The van der Waals surface area contributed by atoms with E-state index in [4.69, 9.17) is 9.72 Å². The number of amides is 2. The maximum atomic E-state index is 12.2. The minimum atomic E-state index is -0.234. The number of piperazine rings is 1. The summed E-state index contributed by atoms with van der Waals surface area (Å²) in [6.45, 7) is 7.95. The van der Waals surface area contributed by atoms with Gasteiger partial charge in [-0.05, 0) is 53.9 Å². The fourth-order valence-electron chi connectivity index (χ4n) is 5.40. The molecule has 0 aliphatic carbocycles. The number of hydrogen-bond acceptors (Lipinski definition) is 5.